The fraction of sp³-hybridized carbons (Fsp3) is 0.00741. The Hall–Kier alpha value is -20.2. The number of methoxy groups -OCH3 is 1. The van der Waals surface area contributed by atoms with Crippen LogP contribution >= 0.6 is 0 Å². The van der Waals surface area contributed by atoms with Gasteiger partial charge in [-0.3, -0.25) is 22.8 Å². The summed E-state index contributed by atoms with van der Waals surface area (Å²) >= 11 is 0. The fourth-order valence-electron chi connectivity index (χ4n) is 23.4. The molecule has 149 heavy (non-hydrogen) atoms. The number of rotatable bonds is 14. The number of benzene rings is 20. The highest BCUT2D eigenvalue weighted by Gasteiger charge is 2.29. The van der Waals surface area contributed by atoms with E-state index in [4.69, 9.17) is 24.7 Å². The van der Waals surface area contributed by atoms with Crippen molar-refractivity contribution in [1.29, 1.82) is 0 Å². The number of pyridine rings is 2. The summed E-state index contributed by atoms with van der Waals surface area (Å²) in [6, 6.07) is 185. The highest BCUT2D eigenvalue weighted by Crippen LogP contribution is 2.49. The van der Waals surface area contributed by atoms with Crippen molar-refractivity contribution in [2.24, 2.45) is 0 Å². The molecule has 0 saturated carbocycles. The third-order valence-corrected chi connectivity index (χ3v) is 29.7. The smallest absolute Gasteiger partial charge is 0.235 e. The Labute approximate surface area is 855 Å². The van der Waals surface area contributed by atoms with Gasteiger partial charge < -0.3 is 23.3 Å². The lowest BCUT2D eigenvalue weighted by Gasteiger charge is -2.25. The van der Waals surface area contributed by atoms with Gasteiger partial charge in [-0.15, -0.1) is 0 Å². The second-order valence-electron chi connectivity index (χ2n) is 37.9. The minimum atomic E-state index is 0.647. The van der Waals surface area contributed by atoms with Gasteiger partial charge in [0.2, 0.25) is 5.95 Å². The van der Waals surface area contributed by atoms with Crippen LogP contribution in [0.5, 0.6) is 5.75 Å². The van der Waals surface area contributed by atoms with Crippen molar-refractivity contribution in [3.8, 4) is 74.5 Å². The molecule has 0 unspecified atom stereocenters. The third-order valence-electron chi connectivity index (χ3n) is 29.7. The molecule has 31 aromatic rings. The lowest BCUT2D eigenvalue weighted by atomic mass is 10.1. The van der Waals surface area contributed by atoms with Crippen LogP contribution in [0.3, 0.4) is 0 Å². The molecule has 0 N–H and O–H groups in total. The fourth-order valence-corrected chi connectivity index (χ4v) is 23.4. The molecule has 0 fully saturated rings. The number of para-hydroxylation sites is 13. The van der Waals surface area contributed by atoms with E-state index in [9.17, 15) is 0 Å². The summed E-state index contributed by atoms with van der Waals surface area (Å²) in [7, 11) is 1.70. The normalized spacial score (nSPS) is 11.8. The molecule has 0 radical (unpaired) electrons. The second-order valence-corrected chi connectivity index (χ2v) is 37.9. The van der Waals surface area contributed by atoms with Gasteiger partial charge >= 0.3 is 0 Å². The molecule has 0 bridgehead atoms. The quantitative estimate of drug-likeness (QED) is 0.107. The minimum Gasteiger partial charge on any atom is -0.497 e. The van der Waals surface area contributed by atoms with Crippen LogP contribution in [0.4, 0.5) is 17.1 Å². The number of fused-ring (bicyclic) bond motifs is 27. The van der Waals surface area contributed by atoms with Crippen molar-refractivity contribution >= 4 is 192 Å². The molecule has 11 heterocycles. The molecule has 31 rings (SSSR count). The molecule has 0 aliphatic rings. The second kappa shape index (κ2) is 35.1. The van der Waals surface area contributed by atoms with E-state index in [1.54, 1.807) is 7.11 Å². The van der Waals surface area contributed by atoms with Gasteiger partial charge in [-0.05, 0) is 200 Å². The van der Waals surface area contributed by atoms with Gasteiger partial charge in [-0.1, -0.05) is 322 Å². The molecule has 0 amide bonds. The predicted octanol–water partition coefficient (Wildman–Crippen LogP) is 34.2. The summed E-state index contributed by atoms with van der Waals surface area (Å²) in [4.78, 5) is 23.7. The number of nitrogens with zero attached hydrogens (tertiary/aromatic N) is 13. The maximum absolute atomic E-state index is 5.47. The van der Waals surface area contributed by atoms with Crippen molar-refractivity contribution in [2.45, 2.75) is 0 Å². The van der Waals surface area contributed by atoms with Gasteiger partial charge in [0.15, 0.2) is 0 Å². The average molecular weight is 1910 g/mol. The van der Waals surface area contributed by atoms with Gasteiger partial charge in [0.1, 0.15) is 29.0 Å². The maximum atomic E-state index is 5.47. The Morgan fingerprint density at radius 3 is 0.772 bits per heavy atom. The molecule has 0 aliphatic carbocycles. The van der Waals surface area contributed by atoms with E-state index in [2.05, 4.69) is 539 Å². The minimum absolute atomic E-state index is 0.647. The summed E-state index contributed by atoms with van der Waals surface area (Å²) in [5, 5.41) is 19.4. The first-order valence-electron chi connectivity index (χ1n) is 50.5. The van der Waals surface area contributed by atoms with Gasteiger partial charge in [-0.25, -0.2) is 19.9 Å². The number of anilines is 3. The Balaban J connectivity index is 0.000000106. The molecule has 0 aliphatic heterocycles. The maximum Gasteiger partial charge on any atom is 0.235 e. The van der Waals surface area contributed by atoms with Crippen molar-refractivity contribution in [2.75, 3.05) is 12.0 Å². The van der Waals surface area contributed by atoms with Crippen molar-refractivity contribution < 1.29 is 4.74 Å². The van der Waals surface area contributed by atoms with Crippen LogP contribution in [-0.2, 0) is 0 Å². The Kier molecular flexibility index (Phi) is 20.2. The Morgan fingerprint density at radius 1 is 0.174 bits per heavy atom. The zero-order valence-corrected chi connectivity index (χ0v) is 80.9. The first-order chi connectivity index (χ1) is 74.0. The van der Waals surface area contributed by atoms with Crippen molar-refractivity contribution in [1.82, 2.24) is 56.5 Å². The highest BCUT2D eigenvalue weighted by molar-refractivity contribution is 6.31. The molecule has 20 aromatic carbocycles. The van der Waals surface area contributed by atoms with Crippen molar-refractivity contribution in [3.05, 3.63) is 522 Å². The predicted molar refractivity (Wildman–Crippen MR) is 617 cm³/mol. The van der Waals surface area contributed by atoms with E-state index in [1.807, 2.05) is 24.3 Å². The van der Waals surface area contributed by atoms with E-state index in [0.717, 1.165) is 146 Å². The van der Waals surface area contributed by atoms with Crippen LogP contribution < -0.4 is 9.64 Å². The first-order valence-corrected chi connectivity index (χ1v) is 50.5. The largest absolute Gasteiger partial charge is 0.497 e. The van der Waals surface area contributed by atoms with Crippen LogP contribution in [0.2, 0.25) is 0 Å². The number of hydrogen-bond donors (Lipinski definition) is 0. The van der Waals surface area contributed by atoms with E-state index < -0.39 is 0 Å². The highest BCUT2D eigenvalue weighted by atomic mass is 16.5. The molecule has 14 nitrogen and oxygen atoms in total. The third kappa shape index (κ3) is 13.8. The van der Waals surface area contributed by atoms with E-state index in [1.165, 1.54) is 114 Å². The Morgan fingerprint density at radius 2 is 0.423 bits per heavy atom. The van der Waals surface area contributed by atoms with Crippen LogP contribution in [0, 0.1) is 0 Å². The number of aromatic nitrogens is 12. The first kappa shape index (κ1) is 85.5. The van der Waals surface area contributed by atoms with Gasteiger partial charge in [0.25, 0.3) is 0 Å². The summed E-state index contributed by atoms with van der Waals surface area (Å²) in [5.41, 5.74) is 28.8. The summed E-state index contributed by atoms with van der Waals surface area (Å²) in [6.07, 6.45) is 0. The number of hydrogen-bond acceptors (Lipinski definition) is 6. The molecule has 700 valence electrons. The monoisotopic (exact) mass is 1910 g/mol. The molecular weight excluding hydrogens is 1820 g/mol. The van der Waals surface area contributed by atoms with E-state index in [-0.39, 0.29) is 0 Å². The zero-order valence-electron chi connectivity index (χ0n) is 80.9. The van der Waals surface area contributed by atoms with E-state index >= 15 is 0 Å². The van der Waals surface area contributed by atoms with Gasteiger partial charge in [-0.2, -0.15) is 0 Å². The molecule has 11 aromatic heterocycles. The summed E-state index contributed by atoms with van der Waals surface area (Å²) < 4.78 is 24.1. The van der Waals surface area contributed by atoms with Crippen LogP contribution in [0.15, 0.2) is 522 Å². The number of ether oxygens (including phenoxy) is 1. The lowest BCUT2D eigenvalue weighted by molar-refractivity contribution is 0.415. The van der Waals surface area contributed by atoms with Crippen LogP contribution in [0.1, 0.15) is 0 Å². The lowest BCUT2D eigenvalue weighted by Crippen LogP contribution is -2.09. The van der Waals surface area contributed by atoms with Crippen molar-refractivity contribution in [3.63, 3.8) is 0 Å². The molecule has 0 atom stereocenters. The van der Waals surface area contributed by atoms with Gasteiger partial charge in [0, 0.05) is 131 Å². The van der Waals surface area contributed by atoms with Gasteiger partial charge in [0.05, 0.1) is 107 Å². The average Bonchev–Trinajstić information content (AvgIpc) is 1.55. The summed E-state index contributed by atoms with van der Waals surface area (Å²) in [5.74, 6) is 5.03. The SMILES string of the molecule is COc1ccc(-n2c3ccccc3c3c4c5ccccc5n(-c5cccc(-n6c7ccccc7c7ccccc76)n5)c4ccc32)cc1.c1ccc(-c2cc(-c3ccccc3)nc(-n3c4ccccc4c4ccc5c6ccccc6n(-c6ccccc6)c5c43)n2)cc1.c1ccc(N(c2ccccc2)c2ccc(-n3c4ccccc4c4c5c6ccccc6n(-c6cccc(-n7c8ccccc8c8ccccc87)n6)c5ccc43)cc2)cc1. The molecule has 0 saturated heterocycles. The Bertz CT molecular complexity index is 10500. The van der Waals surface area contributed by atoms with Crippen LogP contribution in [0.25, 0.3) is 243 Å². The van der Waals surface area contributed by atoms with E-state index in [0.29, 0.717) is 5.95 Å². The molecule has 14 heteroatoms. The summed E-state index contributed by atoms with van der Waals surface area (Å²) in [6.45, 7) is 0. The molecule has 0 spiro atoms. The zero-order chi connectivity index (χ0) is 98.3. The topological polar surface area (TPSA) is 103 Å². The van der Waals surface area contributed by atoms with Crippen LogP contribution in [-0.4, -0.2) is 63.6 Å². The molecular formula is C135H89N13O. The standard InChI is InChI=1S/C53H35N5.C42H28N4O.C40H26N4/c1-3-16-36(17-4-1)55(37-18-5-2-6-19-37)38-30-32-39(33-31-38)56-46-26-13-9-22-42(46)52-48(56)34-35-49-53(52)43-23-10-14-27-47(43)58(49)51-29-15-28-50(54-51)57-44-24-11-7-20-40(44)41-21-8-12-25-45(41)57;1-47-28-23-21-27(22-24-28)44-35-17-8-4-13-31(35)41-37(44)25-26-38-42(41)32-14-5-9-18-36(32)46(38)40-20-10-19-39(43-40)45-33-15-6-2-11-29(33)30-12-3-7-16-34(30)45;1-4-14-27(15-5-1)34-26-35(28-16-6-2-7-17-28)42-40(41-34)44-37-23-13-11-21-31(37)33-25-24-32-30-20-10-12-22-36(30)43(38(32)39(33)44)29-18-8-3-9-19-29/h1-35H;2-26H,1H3;1-26H.